The zero-order valence-corrected chi connectivity index (χ0v) is 14.9. The second-order valence-electron chi connectivity index (χ2n) is 6.02. The minimum atomic E-state index is -4.86. The average Bonchev–Trinajstić information content (AvgIpc) is 2.62. The van der Waals surface area contributed by atoms with Crippen LogP contribution in [0, 0.1) is 6.92 Å². The first-order valence-electron chi connectivity index (χ1n) is 7.88. The third-order valence-corrected chi connectivity index (χ3v) is 5.08. The van der Waals surface area contributed by atoms with Crippen molar-refractivity contribution in [1.29, 1.82) is 0 Å². The summed E-state index contributed by atoms with van der Waals surface area (Å²) in [6, 6.07) is 5.13. The highest BCUT2D eigenvalue weighted by molar-refractivity contribution is 7.86. The summed E-state index contributed by atoms with van der Waals surface area (Å²) in [4.78, 5) is 8.20. The zero-order valence-electron chi connectivity index (χ0n) is 14.1. The van der Waals surface area contributed by atoms with Crippen molar-refractivity contribution in [2.45, 2.75) is 37.0 Å². The van der Waals surface area contributed by atoms with Crippen molar-refractivity contribution in [3.63, 3.8) is 0 Å². The standard InChI is InChI=1S/C16H18N2O8S/c1-8-11(3-2-4-18-8)9-5-10(7-17-6-9)25-15-13(20)12(19)14(21)16(26-15)27(22,23)24/h2-7,12-16,19-21H,1H3,(H,22,23,24)/t12-,13-,14+,15-,16?/m1/s1. The number of aliphatic hydroxyl groups is 3. The summed E-state index contributed by atoms with van der Waals surface area (Å²) in [7, 11) is -4.86. The lowest BCUT2D eigenvalue weighted by atomic mass is 10.1. The lowest BCUT2D eigenvalue weighted by Gasteiger charge is -2.38. The average molecular weight is 398 g/mol. The van der Waals surface area contributed by atoms with Crippen LogP contribution in [0.15, 0.2) is 36.8 Å². The molecule has 146 valence electrons. The molecule has 0 bridgehead atoms. The van der Waals surface area contributed by atoms with Gasteiger partial charge in [-0.15, -0.1) is 0 Å². The SMILES string of the molecule is Cc1ncccc1-c1cncc(O[C@@H]2OC(S(=O)(=O)O)[C@@H](O)[C@H](O)[C@H]2O)c1. The van der Waals surface area contributed by atoms with Crippen LogP contribution in [0.1, 0.15) is 5.69 Å². The molecule has 2 aromatic rings. The van der Waals surface area contributed by atoms with Crippen molar-refractivity contribution < 1.29 is 37.8 Å². The molecule has 1 saturated heterocycles. The molecule has 0 radical (unpaired) electrons. The number of aliphatic hydroxyl groups excluding tert-OH is 3. The molecule has 5 atom stereocenters. The van der Waals surface area contributed by atoms with Gasteiger partial charge in [0.25, 0.3) is 10.1 Å². The number of nitrogens with zero attached hydrogens (tertiary/aromatic N) is 2. The molecule has 4 N–H and O–H groups in total. The third-order valence-electron chi connectivity index (χ3n) is 4.10. The Bertz CT molecular complexity index is 922. The second kappa shape index (κ2) is 7.46. The summed E-state index contributed by atoms with van der Waals surface area (Å²) in [5.74, 6) is 0.109. The molecule has 2 aromatic heterocycles. The summed E-state index contributed by atoms with van der Waals surface area (Å²) in [6.45, 7) is 1.81. The third kappa shape index (κ3) is 4.08. The van der Waals surface area contributed by atoms with Crippen LogP contribution < -0.4 is 4.74 Å². The van der Waals surface area contributed by atoms with E-state index in [1.165, 1.54) is 6.20 Å². The Morgan fingerprint density at radius 3 is 2.56 bits per heavy atom. The maximum atomic E-state index is 11.3. The molecule has 3 rings (SSSR count). The second-order valence-corrected chi connectivity index (χ2v) is 7.52. The first-order chi connectivity index (χ1) is 12.7. The number of aromatic nitrogens is 2. The monoisotopic (exact) mass is 398 g/mol. The van der Waals surface area contributed by atoms with E-state index in [1.54, 1.807) is 24.5 Å². The Kier molecular flexibility index (Phi) is 5.42. The van der Waals surface area contributed by atoms with E-state index in [0.717, 1.165) is 11.3 Å². The van der Waals surface area contributed by atoms with E-state index in [2.05, 4.69) is 9.97 Å². The van der Waals surface area contributed by atoms with Crippen molar-refractivity contribution >= 4 is 10.1 Å². The molecule has 1 unspecified atom stereocenters. The van der Waals surface area contributed by atoms with Gasteiger partial charge in [-0.3, -0.25) is 14.5 Å². The fourth-order valence-corrected chi connectivity index (χ4v) is 3.48. The van der Waals surface area contributed by atoms with Crippen LogP contribution in [-0.2, 0) is 14.9 Å². The van der Waals surface area contributed by atoms with Gasteiger partial charge in [0.05, 0.1) is 6.20 Å². The van der Waals surface area contributed by atoms with Gasteiger partial charge in [0.2, 0.25) is 11.7 Å². The summed E-state index contributed by atoms with van der Waals surface area (Å²) < 4.78 is 42.2. The molecule has 1 fully saturated rings. The van der Waals surface area contributed by atoms with Crippen LogP contribution in [0.25, 0.3) is 11.1 Å². The molecule has 10 nitrogen and oxygen atoms in total. The smallest absolute Gasteiger partial charge is 0.295 e. The van der Waals surface area contributed by atoms with Gasteiger partial charge in [-0.2, -0.15) is 8.42 Å². The van der Waals surface area contributed by atoms with Gasteiger partial charge >= 0.3 is 0 Å². The van der Waals surface area contributed by atoms with Crippen LogP contribution in [-0.4, -0.2) is 68.3 Å². The van der Waals surface area contributed by atoms with Crippen molar-refractivity contribution in [1.82, 2.24) is 9.97 Å². The lowest BCUT2D eigenvalue weighted by Crippen LogP contribution is -2.61. The molecular formula is C16H18N2O8S. The van der Waals surface area contributed by atoms with Gasteiger partial charge in [-0.05, 0) is 19.1 Å². The fraction of sp³-hybridized carbons (Fsp3) is 0.375. The first kappa shape index (κ1) is 19.6. The molecule has 1 aliphatic rings. The van der Waals surface area contributed by atoms with Crippen LogP contribution >= 0.6 is 0 Å². The number of rotatable bonds is 4. The summed E-state index contributed by atoms with van der Waals surface area (Å²) in [5.41, 5.74) is 0.00938. The Hall–Kier alpha value is -2.15. The molecule has 27 heavy (non-hydrogen) atoms. The zero-order chi connectivity index (χ0) is 19.8. The number of hydrogen-bond donors (Lipinski definition) is 4. The van der Waals surface area contributed by atoms with E-state index in [1.807, 2.05) is 13.0 Å². The molecular weight excluding hydrogens is 380 g/mol. The number of pyridine rings is 2. The van der Waals surface area contributed by atoms with E-state index >= 15 is 0 Å². The van der Waals surface area contributed by atoms with E-state index < -0.39 is 40.2 Å². The van der Waals surface area contributed by atoms with E-state index in [0.29, 0.717) is 5.56 Å². The number of hydrogen-bond acceptors (Lipinski definition) is 9. The quantitative estimate of drug-likeness (QED) is 0.494. The predicted octanol–water partition coefficient (Wildman–Crippen LogP) is -0.516. The van der Waals surface area contributed by atoms with Gasteiger partial charge in [-0.1, -0.05) is 6.07 Å². The summed E-state index contributed by atoms with van der Waals surface area (Å²) >= 11 is 0. The molecule has 11 heteroatoms. The molecule has 0 amide bonds. The van der Waals surface area contributed by atoms with Gasteiger partial charge in [0.15, 0.2) is 0 Å². The number of ether oxygens (including phenoxy) is 2. The predicted molar refractivity (Wildman–Crippen MR) is 91.1 cm³/mol. The fourth-order valence-electron chi connectivity index (χ4n) is 2.72. The Balaban J connectivity index is 1.86. The minimum Gasteiger partial charge on any atom is -0.460 e. The van der Waals surface area contributed by atoms with Gasteiger partial charge in [0, 0.05) is 29.2 Å². The highest BCUT2D eigenvalue weighted by atomic mass is 32.2. The van der Waals surface area contributed by atoms with Crippen LogP contribution in [0.2, 0.25) is 0 Å². The maximum Gasteiger partial charge on any atom is 0.295 e. The molecule has 3 heterocycles. The summed E-state index contributed by atoms with van der Waals surface area (Å²) in [6.07, 6.45) is -2.88. The largest absolute Gasteiger partial charge is 0.460 e. The maximum absolute atomic E-state index is 11.3. The van der Waals surface area contributed by atoms with Crippen LogP contribution in [0.4, 0.5) is 0 Å². The Morgan fingerprint density at radius 2 is 1.89 bits per heavy atom. The van der Waals surface area contributed by atoms with Crippen molar-refractivity contribution in [2.75, 3.05) is 0 Å². The van der Waals surface area contributed by atoms with Gasteiger partial charge in [0.1, 0.15) is 24.1 Å². The van der Waals surface area contributed by atoms with Crippen LogP contribution in [0.5, 0.6) is 5.75 Å². The Labute approximate surface area is 154 Å². The van der Waals surface area contributed by atoms with Crippen molar-refractivity contribution in [3.8, 4) is 16.9 Å². The normalized spacial score (nSPS) is 28.7. The topological polar surface area (TPSA) is 159 Å². The van der Waals surface area contributed by atoms with E-state index in [9.17, 15) is 23.7 Å². The van der Waals surface area contributed by atoms with E-state index in [-0.39, 0.29) is 5.75 Å². The Morgan fingerprint density at radius 1 is 1.15 bits per heavy atom. The van der Waals surface area contributed by atoms with Gasteiger partial charge < -0.3 is 24.8 Å². The molecule has 0 saturated carbocycles. The molecule has 0 aromatic carbocycles. The molecule has 0 aliphatic carbocycles. The molecule has 1 aliphatic heterocycles. The lowest BCUT2D eigenvalue weighted by molar-refractivity contribution is -0.254. The van der Waals surface area contributed by atoms with Crippen molar-refractivity contribution in [3.05, 3.63) is 42.5 Å². The van der Waals surface area contributed by atoms with Gasteiger partial charge in [-0.25, -0.2) is 0 Å². The highest BCUT2D eigenvalue weighted by Crippen LogP contribution is 2.29. The van der Waals surface area contributed by atoms with E-state index in [4.69, 9.17) is 14.0 Å². The van der Waals surface area contributed by atoms with Crippen LogP contribution in [0.3, 0.4) is 0 Å². The number of aryl methyl sites for hydroxylation is 1. The minimum absolute atomic E-state index is 0.109. The summed E-state index contributed by atoms with van der Waals surface area (Å²) in [5, 5.41) is 29.6. The highest BCUT2D eigenvalue weighted by Gasteiger charge is 2.50. The van der Waals surface area contributed by atoms with Crippen molar-refractivity contribution in [2.24, 2.45) is 0 Å². The first-order valence-corrected chi connectivity index (χ1v) is 9.38. The molecule has 0 spiro atoms.